The van der Waals surface area contributed by atoms with Crippen molar-refractivity contribution in [2.75, 3.05) is 32.8 Å². The van der Waals surface area contributed by atoms with E-state index in [4.69, 9.17) is 4.74 Å². The van der Waals surface area contributed by atoms with Crippen LogP contribution in [0.15, 0.2) is 0 Å². The second-order valence-corrected chi connectivity index (χ2v) is 3.80. The Bertz CT molecular complexity index is 172. The van der Waals surface area contributed by atoms with Crippen molar-refractivity contribution in [3.63, 3.8) is 0 Å². The summed E-state index contributed by atoms with van der Waals surface area (Å²) in [4.78, 5) is 14.0. The molecule has 0 saturated carbocycles. The van der Waals surface area contributed by atoms with Crippen molar-refractivity contribution < 1.29 is 9.53 Å². The van der Waals surface area contributed by atoms with Crippen LogP contribution >= 0.6 is 0 Å². The molecule has 0 N–H and O–H groups in total. The van der Waals surface area contributed by atoms with Gasteiger partial charge in [0.2, 0.25) is 0 Å². The average Bonchev–Trinajstić information content (AvgIpc) is 2.72. The highest BCUT2D eigenvalue weighted by Gasteiger charge is 2.22. The summed E-state index contributed by atoms with van der Waals surface area (Å²) in [5.41, 5.74) is 0. The molecule has 1 saturated heterocycles. The Kier molecular flexibility index (Phi) is 5.12. The van der Waals surface area contributed by atoms with Crippen molar-refractivity contribution in [3.8, 4) is 0 Å². The predicted molar refractivity (Wildman–Crippen MR) is 56.3 cm³/mol. The quantitative estimate of drug-likeness (QED) is 0.646. The molecule has 1 aliphatic rings. The highest BCUT2D eigenvalue weighted by molar-refractivity contribution is 5.81. The Hall–Kier alpha value is -0.410. The number of nitrogens with zero attached hydrogens (tertiary/aromatic N) is 1. The van der Waals surface area contributed by atoms with E-state index in [0.717, 1.165) is 32.7 Å². The molecule has 1 unspecified atom stereocenters. The monoisotopic (exact) mass is 199 g/mol. The van der Waals surface area contributed by atoms with E-state index in [0.29, 0.717) is 18.8 Å². The molecular weight excluding hydrogens is 178 g/mol. The normalized spacial score (nSPS) is 21.8. The first-order valence-electron chi connectivity index (χ1n) is 5.60. The highest BCUT2D eigenvalue weighted by atomic mass is 16.5. The SMILES string of the molecule is CCN(CC)CCC(=O)C1CCOC1. The van der Waals surface area contributed by atoms with Crippen molar-refractivity contribution in [1.29, 1.82) is 0 Å². The molecular formula is C11H21NO2. The van der Waals surface area contributed by atoms with Crippen molar-refractivity contribution in [2.45, 2.75) is 26.7 Å². The van der Waals surface area contributed by atoms with E-state index >= 15 is 0 Å². The highest BCUT2D eigenvalue weighted by Crippen LogP contribution is 2.15. The molecule has 0 bridgehead atoms. The largest absolute Gasteiger partial charge is 0.381 e. The molecule has 0 aromatic rings. The minimum absolute atomic E-state index is 0.186. The van der Waals surface area contributed by atoms with Crippen LogP contribution in [-0.2, 0) is 9.53 Å². The maximum Gasteiger partial charge on any atom is 0.139 e. The summed E-state index contributed by atoms with van der Waals surface area (Å²) in [6.07, 6.45) is 1.62. The van der Waals surface area contributed by atoms with E-state index in [1.165, 1.54) is 0 Å². The number of carbonyl (C=O) groups is 1. The van der Waals surface area contributed by atoms with Gasteiger partial charge in [0.15, 0.2) is 0 Å². The topological polar surface area (TPSA) is 29.5 Å². The molecule has 1 fully saturated rings. The molecule has 0 spiro atoms. The number of hydrogen-bond donors (Lipinski definition) is 0. The van der Waals surface area contributed by atoms with Gasteiger partial charge < -0.3 is 9.64 Å². The summed E-state index contributed by atoms with van der Waals surface area (Å²) in [6, 6.07) is 0. The van der Waals surface area contributed by atoms with E-state index < -0.39 is 0 Å². The molecule has 0 aromatic carbocycles. The number of Topliss-reactive ketones (excluding diaryl/α,β-unsaturated/α-hetero) is 1. The standard InChI is InChI=1S/C11H21NO2/c1-3-12(4-2)7-5-11(13)10-6-8-14-9-10/h10H,3-9H2,1-2H3. The molecule has 82 valence electrons. The molecule has 1 aliphatic heterocycles. The summed E-state index contributed by atoms with van der Waals surface area (Å²) < 4.78 is 5.20. The smallest absolute Gasteiger partial charge is 0.139 e. The van der Waals surface area contributed by atoms with Crippen molar-refractivity contribution in [1.82, 2.24) is 4.90 Å². The van der Waals surface area contributed by atoms with E-state index in [2.05, 4.69) is 18.7 Å². The second-order valence-electron chi connectivity index (χ2n) is 3.80. The lowest BCUT2D eigenvalue weighted by atomic mass is 10.0. The Morgan fingerprint density at radius 2 is 2.14 bits per heavy atom. The van der Waals surface area contributed by atoms with Gasteiger partial charge >= 0.3 is 0 Å². The maximum atomic E-state index is 11.7. The van der Waals surface area contributed by atoms with Crippen molar-refractivity contribution in [3.05, 3.63) is 0 Å². The zero-order chi connectivity index (χ0) is 10.4. The van der Waals surface area contributed by atoms with Gasteiger partial charge in [0.1, 0.15) is 5.78 Å². The van der Waals surface area contributed by atoms with E-state index in [1.807, 2.05) is 0 Å². The van der Waals surface area contributed by atoms with Gasteiger partial charge in [-0.3, -0.25) is 4.79 Å². The number of ketones is 1. The number of hydrogen-bond acceptors (Lipinski definition) is 3. The lowest BCUT2D eigenvalue weighted by Crippen LogP contribution is -2.27. The third kappa shape index (κ3) is 3.39. The number of rotatable bonds is 6. The molecule has 3 nitrogen and oxygen atoms in total. The van der Waals surface area contributed by atoms with Crippen LogP contribution < -0.4 is 0 Å². The van der Waals surface area contributed by atoms with Gasteiger partial charge in [-0.05, 0) is 19.5 Å². The fourth-order valence-electron chi connectivity index (χ4n) is 1.80. The van der Waals surface area contributed by atoms with Crippen LogP contribution in [0.1, 0.15) is 26.7 Å². The van der Waals surface area contributed by atoms with Crippen molar-refractivity contribution in [2.24, 2.45) is 5.92 Å². The third-order valence-corrected chi connectivity index (χ3v) is 2.95. The lowest BCUT2D eigenvalue weighted by Gasteiger charge is -2.17. The Morgan fingerprint density at radius 1 is 1.43 bits per heavy atom. The van der Waals surface area contributed by atoms with Gasteiger partial charge in [0, 0.05) is 25.5 Å². The zero-order valence-corrected chi connectivity index (χ0v) is 9.29. The van der Waals surface area contributed by atoms with Crippen LogP contribution in [0.4, 0.5) is 0 Å². The predicted octanol–water partition coefficient (Wildman–Crippen LogP) is 1.32. The number of ether oxygens (including phenoxy) is 1. The molecule has 1 rings (SSSR count). The Morgan fingerprint density at radius 3 is 2.64 bits per heavy atom. The van der Waals surface area contributed by atoms with Gasteiger partial charge in [0.25, 0.3) is 0 Å². The summed E-state index contributed by atoms with van der Waals surface area (Å²) in [6.45, 7) is 8.65. The second kappa shape index (κ2) is 6.14. The first-order chi connectivity index (χ1) is 6.77. The summed E-state index contributed by atoms with van der Waals surface area (Å²) in [7, 11) is 0. The molecule has 0 amide bonds. The molecule has 14 heavy (non-hydrogen) atoms. The molecule has 1 heterocycles. The molecule has 0 aliphatic carbocycles. The number of carbonyl (C=O) groups excluding carboxylic acids is 1. The van der Waals surface area contributed by atoms with Gasteiger partial charge in [-0.2, -0.15) is 0 Å². The fraction of sp³-hybridized carbons (Fsp3) is 0.909. The van der Waals surface area contributed by atoms with Crippen LogP contribution in [0.25, 0.3) is 0 Å². The molecule has 3 heteroatoms. The lowest BCUT2D eigenvalue weighted by molar-refractivity contribution is -0.123. The van der Waals surface area contributed by atoms with E-state index in [9.17, 15) is 4.79 Å². The Balaban J connectivity index is 2.19. The average molecular weight is 199 g/mol. The van der Waals surface area contributed by atoms with Gasteiger partial charge in [-0.1, -0.05) is 13.8 Å². The molecule has 0 radical (unpaired) electrons. The summed E-state index contributed by atoms with van der Waals surface area (Å²) in [5, 5.41) is 0. The van der Waals surface area contributed by atoms with Crippen LogP contribution in [0.3, 0.4) is 0 Å². The minimum Gasteiger partial charge on any atom is -0.381 e. The van der Waals surface area contributed by atoms with Gasteiger partial charge in [0.05, 0.1) is 6.61 Å². The first-order valence-corrected chi connectivity index (χ1v) is 5.60. The maximum absolute atomic E-state index is 11.7. The fourth-order valence-corrected chi connectivity index (χ4v) is 1.80. The summed E-state index contributed by atoms with van der Waals surface area (Å²) in [5.74, 6) is 0.569. The van der Waals surface area contributed by atoms with E-state index in [-0.39, 0.29) is 5.92 Å². The van der Waals surface area contributed by atoms with Crippen LogP contribution in [0, 0.1) is 5.92 Å². The summed E-state index contributed by atoms with van der Waals surface area (Å²) >= 11 is 0. The van der Waals surface area contributed by atoms with Crippen LogP contribution in [-0.4, -0.2) is 43.5 Å². The van der Waals surface area contributed by atoms with Gasteiger partial charge in [-0.25, -0.2) is 0 Å². The third-order valence-electron chi connectivity index (χ3n) is 2.95. The van der Waals surface area contributed by atoms with Gasteiger partial charge in [-0.15, -0.1) is 0 Å². The first kappa shape index (κ1) is 11.7. The van der Waals surface area contributed by atoms with Crippen LogP contribution in [0.2, 0.25) is 0 Å². The molecule has 1 atom stereocenters. The van der Waals surface area contributed by atoms with Crippen molar-refractivity contribution >= 4 is 5.78 Å². The zero-order valence-electron chi connectivity index (χ0n) is 9.29. The minimum atomic E-state index is 0.186. The molecule has 0 aromatic heterocycles. The van der Waals surface area contributed by atoms with Crippen LogP contribution in [0.5, 0.6) is 0 Å². The Labute approximate surface area is 86.4 Å². The van der Waals surface area contributed by atoms with E-state index in [1.54, 1.807) is 0 Å².